The van der Waals surface area contributed by atoms with E-state index in [4.69, 9.17) is 11.6 Å². The first-order valence-electron chi connectivity index (χ1n) is 8.03. The van der Waals surface area contributed by atoms with Crippen molar-refractivity contribution in [3.8, 4) is 0 Å². The van der Waals surface area contributed by atoms with E-state index < -0.39 is 0 Å². The van der Waals surface area contributed by atoms with E-state index in [1.54, 1.807) is 23.1 Å². The molecule has 4 nitrogen and oxygen atoms in total. The van der Waals surface area contributed by atoms with Crippen LogP contribution in [0.4, 0.5) is 11.4 Å². The lowest BCUT2D eigenvalue weighted by molar-refractivity contribution is -0.122. The molecular weight excluding hydrogens is 324 g/mol. The molecule has 1 aliphatic rings. The molecule has 0 aromatic heterocycles. The number of amides is 2. The molecule has 0 bridgehead atoms. The summed E-state index contributed by atoms with van der Waals surface area (Å²) in [5, 5.41) is 3.30. The fraction of sp³-hybridized carbons (Fsp3) is 0.263. The Labute approximate surface area is 146 Å². The Hall–Kier alpha value is -2.33. The number of benzene rings is 2. The highest BCUT2D eigenvalue weighted by atomic mass is 35.5. The molecular formula is C19H19ClN2O2. The lowest BCUT2D eigenvalue weighted by Crippen LogP contribution is -2.28. The van der Waals surface area contributed by atoms with Gasteiger partial charge in [0.25, 0.3) is 0 Å². The third-order valence-corrected chi connectivity index (χ3v) is 4.61. The molecule has 0 saturated carbocycles. The van der Waals surface area contributed by atoms with E-state index in [2.05, 4.69) is 12.2 Å². The van der Waals surface area contributed by atoms with Crippen LogP contribution in [0.25, 0.3) is 0 Å². The highest BCUT2D eigenvalue weighted by molar-refractivity contribution is 6.33. The Morgan fingerprint density at radius 2 is 1.92 bits per heavy atom. The number of hydrogen-bond acceptors (Lipinski definition) is 2. The van der Waals surface area contributed by atoms with Crippen molar-refractivity contribution >= 4 is 34.8 Å². The summed E-state index contributed by atoms with van der Waals surface area (Å²) in [5.41, 5.74) is 2.63. The van der Waals surface area contributed by atoms with E-state index in [1.807, 2.05) is 30.3 Å². The molecule has 1 aliphatic heterocycles. The summed E-state index contributed by atoms with van der Waals surface area (Å²) in [4.78, 5) is 26.4. The summed E-state index contributed by atoms with van der Waals surface area (Å²) < 4.78 is 0. The number of carbonyl (C=O) groups is 2. The second kappa shape index (κ2) is 7.05. The molecule has 2 aromatic carbocycles. The average Bonchev–Trinajstić information content (AvgIpc) is 2.99. The van der Waals surface area contributed by atoms with Crippen molar-refractivity contribution < 1.29 is 9.59 Å². The van der Waals surface area contributed by atoms with Gasteiger partial charge in [0.1, 0.15) is 0 Å². The maximum Gasteiger partial charge on any atom is 0.229 e. The number of nitrogens with one attached hydrogen (secondary N) is 1. The van der Waals surface area contributed by atoms with Crippen LogP contribution in [-0.2, 0) is 16.0 Å². The monoisotopic (exact) mass is 342 g/mol. The Morgan fingerprint density at radius 1 is 1.21 bits per heavy atom. The fourth-order valence-corrected chi connectivity index (χ4v) is 3.02. The van der Waals surface area contributed by atoms with Gasteiger partial charge in [-0.3, -0.25) is 9.59 Å². The summed E-state index contributed by atoms with van der Waals surface area (Å²) in [6.45, 7) is 2.48. The summed E-state index contributed by atoms with van der Waals surface area (Å²) >= 11 is 6.06. The molecule has 0 aliphatic carbocycles. The van der Waals surface area contributed by atoms with Gasteiger partial charge in [-0.05, 0) is 36.2 Å². The molecule has 0 radical (unpaired) electrons. The van der Waals surface area contributed by atoms with Gasteiger partial charge in [0.05, 0.1) is 16.6 Å². The minimum Gasteiger partial charge on any atom is -0.324 e. The largest absolute Gasteiger partial charge is 0.324 e. The smallest absolute Gasteiger partial charge is 0.229 e. The molecule has 3 rings (SSSR count). The second-order valence-corrected chi connectivity index (χ2v) is 6.30. The third-order valence-electron chi connectivity index (χ3n) is 4.28. The topological polar surface area (TPSA) is 49.4 Å². The highest BCUT2D eigenvalue weighted by Crippen LogP contribution is 2.27. The van der Waals surface area contributed by atoms with Crippen molar-refractivity contribution in [3.63, 3.8) is 0 Å². The lowest BCUT2D eigenvalue weighted by Gasteiger charge is -2.17. The second-order valence-electron chi connectivity index (χ2n) is 5.89. The molecule has 5 heteroatoms. The van der Waals surface area contributed by atoms with Gasteiger partial charge in [0, 0.05) is 18.7 Å². The van der Waals surface area contributed by atoms with E-state index in [0.29, 0.717) is 17.3 Å². The van der Waals surface area contributed by atoms with Crippen LogP contribution in [0, 0.1) is 5.92 Å². The molecule has 0 unspecified atom stereocenters. The molecule has 24 heavy (non-hydrogen) atoms. The van der Waals surface area contributed by atoms with Crippen LogP contribution >= 0.6 is 11.6 Å². The van der Waals surface area contributed by atoms with Crippen LogP contribution in [0.1, 0.15) is 18.9 Å². The number of rotatable bonds is 4. The predicted molar refractivity (Wildman–Crippen MR) is 96.4 cm³/mol. The van der Waals surface area contributed by atoms with Crippen molar-refractivity contribution in [1.82, 2.24) is 0 Å². The number of carbonyl (C=O) groups excluding carboxylic acids is 2. The lowest BCUT2D eigenvalue weighted by atomic mass is 10.1. The number of halogens is 1. The van der Waals surface area contributed by atoms with Gasteiger partial charge in [-0.25, -0.2) is 0 Å². The van der Waals surface area contributed by atoms with Crippen LogP contribution < -0.4 is 10.2 Å². The molecule has 124 valence electrons. The van der Waals surface area contributed by atoms with Crippen molar-refractivity contribution in [3.05, 3.63) is 59.1 Å². The summed E-state index contributed by atoms with van der Waals surface area (Å²) in [5.74, 6) is -0.581. The van der Waals surface area contributed by atoms with E-state index in [0.717, 1.165) is 12.1 Å². The molecule has 1 heterocycles. The molecule has 1 N–H and O–H groups in total. The van der Waals surface area contributed by atoms with Crippen LogP contribution in [0.5, 0.6) is 0 Å². The van der Waals surface area contributed by atoms with Gasteiger partial charge in [-0.1, -0.05) is 42.8 Å². The van der Waals surface area contributed by atoms with E-state index >= 15 is 0 Å². The zero-order valence-corrected chi connectivity index (χ0v) is 14.2. The van der Waals surface area contributed by atoms with Gasteiger partial charge >= 0.3 is 0 Å². The number of hydrogen-bond donors (Lipinski definition) is 1. The Kier molecular flexibility index (Phi) is 4.86. The number of para-hydroxylation sites is 1. The molecule has 1 atom stereocenters. The minimum atomic E-state index is -0.375. The molecule has 1 saturated heterocycles. The van der Waals surface area contributed by atoms with Gasteiger partial charge in [0.2, 0.25) is 11.8 Å². The van der Waals surface area contributed by atoms with Crippen molar-refractivity contribution in [1.29, 1.82) is 0 Å². The highest BCUT2D eigenvalue weighted by Gasteiger charge is 2.35. The molecule has 0 spiro atoms. The molecule has 2 amide bonds. The van der Waals surface area contributed by atoms with Gasteiger partial charge in [-0.2, -0.15) is 0 Å². The van der Waals surface area contributed by atoms with Gasteiger partial charge in [0.15, 0.2) is 0 Å². The summed E-state index contributed by atoms with van der Waals surface area (Å²) in [7, 11) is 0. The van der Waals surface area contributed by atoms with Crippen molar-refractivity contribution in [2.24, 2.45) is 5.92 Å². The first kappa shape index (κ1) is 16.5. The molecule has 2 aromatic rings. The fourth-order valence-electron chi connectivity index (χ4n) is 2.84. The first-order valence-corrected chi connectivity index (χ1v) is 8.41. The van der Waals surface area contributed by atoms with Crippen molar-refractivity contribution in [2.45, 2.75) is 19.8 Å². The summed E-state index contributed by atoms with van der Waals surface area (Å²) in [6.07, 6.45) is 1.17. The Morgan fingerprint density at radius 3 is 2.58 bits per heavy atom. The third kappa shape index (κ3) is 3.44. The van der Waals surface area contributed by atoms with E-state index in [1.165, 1.54) is 5.56 Å². The van der Waals surface area contributed by atoms with Crippen molar-refractivity contribution in [2.75, 3.05) is 16.8 Å². The quantitative estimate of drug-likeness (QED) is 0.916. The van der Waals surface area contributed by atoms with E-state index in [9.17, 15) is 9.59 Å². The van der Waals surface area contributed by atoms with Crippen LogP contribution in [0.3, 0.4) is 0 Å². The maximum absolute atomic E-state index is 12.4. The molecule has 1 fully saturated rings. The first-order chi connectivity index (χ1) is 11.6. The van der Waals surface area contributed by atoms with Crippen LogP contribution in [0.15, 0.2) is 48.5 Å². The number of aryl methyl sites for hydroxylation is 1. The zero-order chi connectivity index (χ0) is 17.1. The number of nitrogens with zero attached hydrogens (tertiary/aromatic N) is 1. The average molecular weight is 343 g/mol. The van der Waals surface area contributed by atoms with Gasteiger partial charge in [-0.15, -0.1) is 0 Å². The maximum atomic E-state index is 12.4. The summed E-state index contributed by atoms with van der Waals surface area (Å²) in [6, 6.07) is 15.0. The Balaban J connectivity index is 1.69. The van der Waals surface area contributed by atoms with Gasteiger partial charge < -0.3 is 10.2 Å². The zero-order valence-electron chi connectivity index (χ0n) is 13.5. The standard InChI is InChI=1S/C19H19ClN2O2/c1-2-13-7-9-15(10-8-13)22-12-14(11-18(22)23)19(24)21-17-6-4-3-5-16(17)20/h3-10,14H,2,11-12H2,1H3,(H,21,24)/t14-/m1/s1. The van der Waals surface area contributed by atoms with Crippen LogP contribution in [-0.4, -0.2) is 18.4 Å². The number of anilines is 2. The SMILES string of the molecule is CCc1ccc(N2C[C@H](C(=O)Nc3ccccc3Cl)CC2=O)cc1. The van der Waals surface area contributed by atoms with E-state index in [-0.39, 0.29) is 24.2 Å². The Bertz CT molecular complexity index is 758. The normalized spacial score (nSPS) is 17.2. The minimum absolute atomic E-state index is 0.0291. The van der Waals surface area contributed by atoms with Crippen LogP contribution in [0.2, 0.25) is 5.02 Å². The predicted octanol–water partition coefficient (Wildman–Crippen LogP) is 3.89.